The van der Waals surface area contributed by atoms with Gasteiger partial charge in [0.25, 0.3) is 5.91 Å². The van der Waals surface area contributed by atoms with Gasteiger partial charge in [-0.1, -0.05) is 32.4 Å². The van der Waals surface area contributed by atoms with Gasteiger partial charge >= 0.3 is 0 Å². The zero-order valence-electron chi connectivity index (χ0n) is 14.3. The van der Waals surface area contributed by atoms with Crippen LogP contribution < -0.4 is 5.32 Å². The van der Waals surface area contributed by atoms with Crippen LogP contribution in [-0.4, -0.2) is 29.9 Å². The summed E-state index contributed by atoms with van der Waals surface area (Å²) in [5.41, 5.74) is 2.06. The largest absolute Gasteiger partial charge is 0.350 e. The maximum atomic E-state index is 12.2. The van der Waals surface area contributed by atoms with E-state index in [9.17, 15) is 4.79 Å². The molecule has 3 nitrogen and oxygen atoms in total. The first kappa shape index (κ1) is 17.0. The summed E-state index contributed by atoms with van der Waals surface area (Å²) < 4.78 is 0. The number of hydrogen-bond acceptors (Lipinski definition) is 2. The quantitative estimate of drug-likeness (QED) is 0.866. The monoisotopic (exact) mass is 302 g/mol. The van der Waals surface area contributed by atoms with Crippen LogP contribution in [0.15, 0.2) is 24.3 Å². The van der Waals surface area contributed by atoms with Crippen LogP contribution in [-0.2, 0) is 6.54 Å². The normalized spacial score (nSPS) is 20.6. The van der Waals surface area contributed by atoms with Crippen molar-refractivity contribution in [1.82, 2.24) is 10.2 Å². The van der Waals surface area contributed by atoms with Gasteiger partial charge in [0, 0.05) is 24.7 Å². The van der Waals surface area contributed by atoms with Gasteiger partial charge in [0.2, 0.25) is 0 Å². The maximum Gasteiger partial charge on any atom is 0.251 e. The highest BCUT2D eigenvalue weighted by Gasteiger charge is 2.16. The van der Waals surface area contributed by atoms with E-state index in [0.717, 1.165) is 30.9 Å². The van der Waals surface area contributed by atoms with Crippen molar-refractivity contribution >= 4 is 5.91 Å². The Morgan fingerprint density at radius 3 is 2.73 bits per heavy atom. The second-order valence-corrected chi connectivity index (χ2v) is 6.84. The smallest absolute Gasteiger partial charge is 0.251 e. The first-order chi connectivity index (χ1) is 10.6. The lowest BCUT2D eigenvalue weighted by atomic mass is 9.99. The Morgan fingerprint density at radius 2 is 2.09 bits per heavy atom. The Bertz CT molecular complexity index is 469. The van der Waals surface area contributed by atoms with Gasteiger partial charge < -0.3 is 5.32 Å². The zero-order chi connectivity index (χ0) is 15.9. The molecule has 1 heterocycles. The molecule has 0 spiro atoms. The zero-order valence-corrected chi connectivity index (χ0v) is 14.3. The van der Waals surface area contributed by atoms with E-state index < -0.39 is 0 Å². The highest BCUT2D eigenvalue weighted by molar-refractivity contribution is 5.94. The van der Waals surface area contributed by atoms with Crippen LogP contribution in [0.25, 0.3) is 0 Å². The van der Waals surface area contributed by atoms with Gasteiger partial charge in [-0.25, -0.2) is 0 Å². The predicted octanol–water partition coefficient (Wildman–Crippen LogP) is 3.84. The highest BCUT2D eigenvalue weighted by Crippen LogP contribution is 2.18. The number of nitrogens with one attached hydrogen (secondary N) is 1. The molecule has 3 heteroatoms. The lowest BCUT2D eigenvalue weighted by Gasteiger charge is -2.30. The van der Waals surface area contributed by atoms with Gasteiger partial charge in [0.15, 0.2) is 0 Å². The first-order valence-electron chi connectivity index (χ1n) is 8.70. The van der Waals surface area contributed by atoms with E-state index in [-0.39, 0.29) is 11.9 Å². The summed E-state index contributed by atoms with van der Waals surface area (Å²) in [5.74, 6) is 0.845. The summed E-state index contributed by atoms with van der Waals surface area (Å²) in [5, 5.41) is 3.05. The molecule has 2 rings (SSSR count). The van der Waals surface area contributed by atoms with Crippen molar-refractivity contribution in [3.05, 3.63) is 35.4 Å². The van der Waals surface area contributed by atoms with Crippen LogP contribution >= 0.6 is 0 Å². The summed E-state index contributed by atoms with van der Waals surface area (Å²) in [6, 6.07) is 8.34. The summed E-state index contributed by atoms with van der Waals surface area (Å²) in [7, 11) is 0. The Balaban J connectivity index is 1.88. The molecular weight excluding hydrogens is 272 g/mol. The first-order valence-corrected chi connectivity index (χ1v) is 8.70. The van der Waals surface area contributed by atoms with Crippen molar-refractivity contribution in [2.24, 2.45) is 5.92 Å². The summed E-state index contributed by atoms with van der Waals surface area (Å²) in [6.07, 6.45) is 4.77. The number of rotatable bonds is 6. The number of likely N-dealkylation sites (tertiary alicyclic amines) is 1. The van der Waals surface area contributed by atoms with Crippen LogP contribution in [0.1, 0.15) is 62.4 Å². The lowest BCUT2D eigenvalue weighted by Crippen LogP contribution is -2.34. The third kappa shape index (κ3) is 5.13. The lowest BCUT2D eigenvalue weighted by molar-refractivity contribution is 0.0938. The minimum atomic E-state index is 0.0408. The van der Waals surface area contributed by atoms with Gasteiger partial charge in [-0.15, -0.1) is 0 Å². The van der Waals surface area contributed by atoms with E-state index in [2.05, 4.69) is 43.1 Å². The highest BCUT2D eigenvalue weighted by atomic mass is 16.1. The molecule has 0 aromatic heterocycles. The van der Waals surface area contributed by atoms with Gasteiger partial charge in [-0.3, -0.25) is 9.69 Å². The fraction of sp³-hybridized carbons (Fsp3) is 0.632. The number of amides is 1. The summed E-state index contributed by atoms with van der Waals surface area (Å²) in [4.78, 5) is 14.7. The Kier molecular flexibility index (Phi) is 6.44. The van der Waals surface area contributed by atoms with Crippen molar-refractivity contribution in [1.29, 1.82) is 0 Å². The topological polar surface area (TPSA) is 32.3 Å². The minimum absolute atomic E-state index is 0.0408. The Morgan fingerprint density at radius 1 is 1.36 bits per heavy atom. The second-order valence-electron chi connectivity index (χ2n) is 6.84. The molecule has 1 aliphatic heterocycles. The molecule has 22 heavy (non-hydrogen) atoms. The second kappa shape index (κ2) is 8.33. The standard InChI is InChI=1S/C19H30N2O/c1-4-6-16(3)20-19(22)18-10-8-17(9-11-18)14-21-12-5-7-15(2)13-21/h8-11,15-16H,4-7,12-14H2,1-3H3,(H,20,22). The van der Waals surface area contributed by atoms with Crippen molar-refractivity contribution in [3.8, 4) is 0 Å². The van der Waals surface area contributed by atoms with E-state index in [1.54, 1.807) is 0 Å². The predicted molar refractivity (Wildman–Crippen MR) is 92.0 cm³/mol. The molecule has 1 amide bonds. The van der Waals surface area contributed by atoms with Gasteiger partial charge in [0.1, 0.15) is 0 Å². The van der Waals surface area contributed by atoms with Crippen LogP contribution in [0, 0.1) is 5.92 Å². The van der Waals surface area contributed by atoms with Gasteiger partial charge in [-0.2, -0.15) is 0 Å². The molecule has 2 unspecified atom stereocenters. The fourth-order valence-electron chi connectivity index (χ4n) is 3.26. The molecule has 1 fully saturated rings. The molecular formula is C19H30N2O. The molecule has 1 aliphatic rings. The van der Waals surface area contributed by atoms with Crippen LogP contribution in [0.5, 0.6) is 0 Å². The van der Waals surface area contributed by atoms with E-state index in [0.29, 0.717) is 0 Å². The SMILES string of the molecule is CCCC(C)NC(=O)c1ccc(CN2CCCC(C)C2)cc1. The van der Waals surface area contributed by atoms with Crippen molar-refractivity contribution < 1.29 is 4.79 Å². The molecule has 0 saturated carbocycles. The Labute approximate surface area is 135 Å². The van der Waals surface area contributed by atoms with E-state index in [1.807, 2.05) is 12.1 Å². The molecule has 0 radical (unpaired) electrons. The third-order valence-corrected chi connectivity index (χ3v) is 4.46. The van der Waals surface area contributed by atoms with Gasteiger partial charge in [-0.05, 0) is 56.3 Å². The number of hydrogen-bond donors (Lipinski definition) is 1. The average molecular weight is 302 g/mol. The van der Waals surface area contributed by atoms with Gasteiger partial charge in [0.05, 0.1) is 0 Å². The van der Waals surface area contributed by atoms with Crippen molar-refractivity contribution in [3.63, 3.8) is 0 Å². The van der Waals surface area contributed by atoms with Crippen LogP contribution in [0.3, 0.4) is 0 Å². The molecule has 0 bridgehead atoms. The van der Waals surface area contributed by atoms with E-state index >= 15 is 0 Å². The van der Waals surface area contributed by atoms with E-state index in [1.165, 1.54) is 31.5 Å². The average Bonchev–Trinajstić information content (AvgIpc) is 2.48. The molecule has 122 valence electrons. The van der Waals surface area contributed by atoms with Crippen LogP contribution in [0.2, 0.25) is 0 Å². The maximum absolute atomic E-state index is 12.2. The number of benzene rings is 1. The fourth-order valence-corrected chi connectivity index (χ4v) is 3.26. The van der Waals surface area contributed by atoms with Crippen molar-refractivity contribution in [2.75, 3.05) is 13.1 Å². The third-order valence-electron chi connectivity index (χ3n) is 4.46. The molecule has 1 aromatic rings. The number of piperidine rings is 1. The minimum Gasteiger partial charge on any atom is -0.350 e. The molecule has 1 N–H and O–H groups in total. The number of carbonyl (C=O) groups excluding carboxylic acids is 1. The molecule has 2 atom stereocenters. The summed E-state index contributed by atoms with van der Waals surface area (Å²) in [6.45, 7) is 9.92. The van der Waals surface area contributed by atoms with E-state index in [4.69, 9.17) is 0 Å². The van der Waals surface area contributed by atoms with Crippen molar-refractivity contribution in [2.45, 2.75) is 59.0 Å². The summed E-state index contributed by atoms with van der Waals surface area (Å²) >= 11 is 0. The molecule has 1 aromatic carbocycles. The molecule has 0 aliphatic carbocycles. The Hall–Kier alpha value is -1.35. The number of carbonyl (C=O) groups is 1. The van der Waals surface area contributed by atoms with Crippen LogP contribution in [0.4, 0.5) is 0 Å². The molecule has 1 saturated heterocycles. The number of nitrogens with zero attached hydrogens (tertiary/aromatic N) is 1.